The SMILES string of the molecule is CC(C)(C)OC(=O)NCC(O)C(O)c1ccc(C=O)c(O)c1. The molecule has 0 heterocycles. The Bertz CT molecular complexity index is 537. The standard InChI is InChI=1S/C15H21NO6/c1-15(2,3)22-14(21)16-7-12(19)13(20)9-4-5-10(8-17)11(18)6-9/h4-6,8,12-13,18-20H,7H2,1-3H3,(H,16,21). The minimum Gasteiger partial charge on any atom is -0.507 e. The van der Waals surface area contributed by atoms with Crippen LogP contribution in [0.2, 0.25) is 0 Å². The molecule has 0 bridgehead atoms. The summed E-state index contributed by atoms with van der Waals surface area (Å²) in [6.07, 6.45) is -2.86. The van der Waals surface area contributed by atoms with E-state index in [1.54, 1.807) is 20.8 Å². The molecule has 0 saturated heterocycles. The topological polar surface area (TPSA) is 116 Å². The predicted octanol–water partition coefficient (Wildman–Crippen LogP) is 1.12. The van der Waals surface area contributed by atoms with E-state index in [1.807, 2.05) is 0 Å². The lowest BCUT2D eigenvalue weighted by atomic mass is 10.0. The quantitative estimate of drug-likeness (QED) is 0.606. The largest absolute Gasteiger partial charge is 0.507 e. The number of aliphatic hydroxyl groups is 2. The number of alkyl carbamates (subject to hydrolysis) is 1. The maximum absolute atomic E-state index is 11.5. The molecule has 7 heteroatoms. The average Bonchev–Trinajstić information content (AvgIpc) is 2.42. The first kappa shape index (κ1) is 17.9. The zero-order valence-electron chi connectivity index (χ0n) is 12.7. The van der Waals surface area contributed by atoms with E-state index in [0.717, 1.165) is 0 Å². The number of rotatable bonds is 5. The summed E-state index contributed by atoms with van der Waals surface area (Å²) in [5.41, 5.74) is -0.358. The third-order valence-electron chi connectivity index (χ3n) is 2.74. The van der Waals surface area contributed by atoms with Gasteiger partial charge < -0.3 is 25.4 Å². The summed E-state index contributed by atoms with van der Waals surface area (Å²) >= 11 is 0. The molecule has 1 amide bonds. The number of amides is 1. The molecule has 2 atom stereocenters. The van der Waals surface area contributed by atoms with Crippen LogP contribution in [-0.2, 0) is 4.74 Å². The molecule has 0 fully saturated rings. The smallest absolute Gasteiger partial charge is 0.407 e. The van der Waals surface area contributed by atoms with E-state index in [4.69, 9.17) is 4.74 Å². The highest BCUT2D eigenvalue weighted by molar-refractivity contribution is 5.79. The second kappa shape index (κ2) is 7.24. The average molecular weight is 311 g/mol. The number of nitrogens with one attached hydrogen (secondary N) is 1. The van der Waals surface area contributed by atoms with Crippen LogP contribution in [0.25, 0.3) is 0 Å². The molecule has 1 aromatic carbocycles. The summed E-state index contributed by atoms with van der Waals surface area (Å²) < 4.78 is 5.00. The summed E-state index contributed by atoms with van der Waals surface area (Å²) in [5, 5.41) is 31.7. The summed E-state index contributed by atoms with van der Waals surface area (Å²) in [7, 11) is 0. The first-order chi connectivity index (χ1) is 10.1. The van der Waals surface area contributed by atoms with E-state index < -0.39 is 23.9 Å². The van der Waals surface area contributed by atoms with Crippen LogP contribution in [0.3, 0.4) is 0 Å². The zero-order valence-corrected chi connectivity index (χ0v) is 12.7. The van der Waals surface area contributed by atoms with Crippen molar-refractivity contribution in [1.29, 1.82) is 0 Å². The minimum absolute atomic E-state index is 0.0809. The predicted molar refractivity (Wildman–Crippen MR) is 78.7 cm³/mol. The third-order valence-corrected chi connectivity index (χ3v) is 2.74. The number of carbonyl (C=O) groups excluding carboxylic acids is 2. The Balaban J connectivity index is 2.62. The van der Waals surface area contributed by atoms with Gasteiger partial charge in [-0.1, -0.05) is 6.07 Å². The van der Waals surface area contributed by atoms with Gasteiger partial charge in [-0.05, 0) is 38.5 Å². The number of hydrogen-bond donors (Lipinski definition) is 4. The van der Waals surface area contributed by atoms with Gasteiger partial charge in [0.1, 0.15) is 23.6 Å². The van der Waals surface area contributed by atoms with Gasteiger partial charge in [0.05, 0.1) is 5.56 Å². The lowest BCUT2D eigenvalue weighted by molar-refractivity contribution is 0.0128. The Kier molecular flexibility index (Phi) is 5.90. The highest BCUT2D eigenvalue weighted by Gasteiger charge is 2.22. The summed E-state index contributed by atoms with van der Waals surface area (Å²) in [5.74, 6) is -0.293. The van der Waals surface area contributed by atoms with Crippen molar-refractivity contribution in [3.8, 4) is 5.75 Å². The van der Waals surface area contributed by atoms with Crippen LogP contribution in [-0.4, -0.2) is 45.9 Å². The monoisotopic (exact) mass is 311 g/mol. The van der Waals surface area contributed by atoms with Crippen LogP contribution >= 0.6 is 0 Å². The van der Waals surface area contributed by atoms with Crippen molar-refractivity contribution in [2.45, 2.75) is 38.6 Å². The third kappa shape index (κ3) is 5.34. The van der Waals surface area contributed by atoms with Gasteiger partial charge in [-0.2, -0.15) is 0 Å². The number of aliphatic hydroxyl groups excluding tert-OH is 2. The van der Waals surface area contributed by atoms with Crippen molar-refractivity contribution >= 4 is 12.4 Å². The van der Waals surface area contributed by atoms with Crippen LogP contribution in [0.4, 0.5) is 4.79 Å². The van der Waals surface area contributed by atoms with E-state index in [1.165, 1.54) is 18.2 Å². The Morgan fingerprint density at radius 3 is 2.50 bits per heavy atom. The fraction of sp³-hybridized carbons (Fsp3) is 0.467. The first-order valence-electron chi connectivity index (χ1n) is 6.75. The van der Waals surface area contributed by atoms with Gasteiger partial charge in [0.2, 0.25) is 0 Å². The minimum atomic E-state index is -1.33. The van der Waals surface area contributed by atoms with Gasteiger partial charge in [0, 0.05) is 6.54 Å². The Morgan fingerprint density at radius 1 is 1.36 bits per heavy atom. The van der Waals surface area contributed by atoms with E-state index in [2.05, 4.69) is 5.32 Å². The van der Waals surface area contributed by atoms with E-state index in [-0.39, 0.29) is 23.4 Å². The molecule has 4 N–H and O–H groups in total. The summed E-state index contributed by atoms with van der Waals surface area (Å²) in [6, 6.07) is 3.92. The van der Waals surface area contributed by atoms with E-state index in [0.29, 0.717) is 6.29 Å². The Labute approximate surface area is 128 Å². The molecule has 0 aliphatic carbocycles. The Hall–Kier alpha value is -2.12. The van der Waals surface area contributed by atoms with Crippen molar-refractivity contribution in [3.05, 3.63) is 29.3 Å². The number of carbonyl (C=O) groups is 2. The number of phenolic OH excluding ortho intramolecular Hbond substituents is 1. The number of benzene rings is 1. The molecule has 2 unspecified atom stereocenters. The normalized spacial score (nSPS) is 14.0. The zero-order chi connectivity index (χ0) is 16.9. The van der Waals surface area contributed by atoms with Crippen molar-refractivity contribution < 1.29 is 29.6 Å². The second-order valence-electron chi connectivity index (χ2n) is 5.83. The van der Waals surface area contributed by atoms with Crippen molar-refractivity contribution in [2.75, 3.05) is 6.54 Å². The molecule has 1 aromatic rings. The second-order valence-corrected chi connectivity index (χ2v) is 5.83. The molecule has 122 valence electrons. The number of aromatic hydroxyl groups is 1. The van der Waals surface area contributed by atoms with Crippen LogP contribution in [0.1, 0.15) is 42.8 Å². The number of phenols is 1. The molecule has 7 nitrogen and oxygen atoms in total. The van der Waals surface area contributed by atoms with E-state index >= 15 is 0 Å². The number of hydrogen-bond acceptors (Lipinski definition) is 6. The van der Waals surface area contributed by atoms with Crippen molar-refractivity contribution in [1.82, 2.24) is 5.32 Å². The number of aldehydes is 1. The Morgan fingerprint density at radius 2 is 2.00 bits per heavy atom. The molecule has 0 saturated carbocycles. The highest BCUT2D eigenvalue weighted by Crippen LogP contribution is 2.23. The van der Waals surface area contributed by atoms with Crippen molar-refractivity contribution in [2.24, 2.45) is 0 Å². The van der Waals surface area contributed by atoms with Crippen LogP contribution in [0, 0.1) is 0 Å². The van der Waals surface area contributed by atoms with Crippen LogP contribution in [0.5, 0.6) is 5.75 Å². The van der Waals surface area contributed by atoms with Crippen molar-refractivity contribution in [3.63, 3.8) is 0 Å². The molecular weight excluding hydrogens is 290 g/mol. The molecular formula is C15H21NO6. The maximum Gasteiger partial charge on any atom is 0.407 e. The van der Waals surface area contributed by atoms with Gasteiger partial charge in [0.25, 0.3) is 0 Å². The lowest BCUT2D eigenvalue weighted by Crippen LogP contribution is -2.38. The van der Waals surface area contributed by atoms with Gasteiger partial charge in [-0.25, -0.2) is 4.79 Å². The van der Waals surface area contributed by atoms with Gasteiger partial charge in [0.15, 0.2) is 6.29 Å². The van der Waals surface area contributed by atoms with E-state index in [9.17, 15) is 24.9 Å². The number of ether oxygens (including phenoxy) is 1. The summed E-state index contributed by atoms with van der Waals surface area (Å²) in [6.45, 7) is 4.88. The maximum atomic E-state index is 11.5. The van der Waals surface area contributed by atoms with Crippen LogP contribution in [0.15, 0.2) is 18.2 Å². The highest BCUT2D eigenvalue weighted by atomic mass is 16.6. The fourth-order valence-corrected chi connectivity index (χ4v) is 1.68. The fourth-order valence-electron chi connectivity index (χ4n) is 1.68. The molecule has 0 aliphatic heterocycles. The first-order valence-corrected chi connectivity index (χ1v) is 6.75. The summed E-state index contributed by atoms with van der Waals surface area (Å²) in [4.78, 5) is 22.1. The van der Waals surface area contributed by atoms with Gasteiger partial charge in [-0.15, -0.1) is 0 Å². The van der Waals surface area contributed by atoms with Gasteiger partial charge >= 0.3 is 6.09 Å². The molecule has 0 aromatic heterocycles. The molecule has 0 aliphatic rings. The van der Waals surface area contributed by atoms with Crippen LogP contribution < -0.4 is 5.32 Å². The molecule has 0 radical (unpaired) electrons. The molecule has 0 spiro atoms. The lowest BCUT2D eigenvalue weighted by Gasteiger charge is -2.22. The van der Waals surface area contributed by atoms with Gasteiger partial charge in [-0.3, -0.25) is 4.79 Å². The molecule has 1 rings (SSSR count). The molecule has 22 heavy (non-hydrogen) atoms.